The van der Waals surface area contributed by atoms with Crippen LogP contribution in [-0.2, 0) is 11.3 Å². The van der Waals surface area contributed by atoms with Crippen LogP contribution in [0.4, 0.5) is 8.78 Å². The lowest BCUT2D eigenvalue weighted by atomic mass is 10.1. The van der Waals surface area contributed by atoms with Crippen molar-refractivity contribution in [3.05, 3.63) is 29.3 Å². The number of guanidine groups is 1. The van der Waals surface area contributed by atoms with Gasteiger partial charge in [-0.05, 0) is 32.3 Å². The SMILES string of the molecule is CN=C(NCCCCCOC)NCc1cc(C)ccc1OC(F)F. The second-order valence-electron chi connectivity index (χ2n) is 5.40. The predicted molar refractivity (Wildman–Crippen MR) is 91.7 cm³/mol. The van der Waals surface area contributed by atoms with Gasteiger partial charge in [0.25, 0.3) is 0 Å². The Labute approximate surface area is 142 Å². The van der Waals surface area contributed by atoms with Crippen molar-refractivity contribution in [2.24, 2.45) is 4.99 Å². The third kappa shape index (κ3) is 8.10. The largest absolute Gasteiger partial charge is 0.434 e. The zero-order valence-electron chi connectivity index (χ0n) is 14.6. The van der Waals surface area contributed by atoms with Crippen molar-refractivity contribution < 1.29 is 18.3 Å². The first-order chi connectivity index (χ1) is 11.6. The molecule has 136 valence electrons. The average Bonchev–Trinajstić information content (AvgIpc) is 2.55. The van der Waals surface area contributed by atoms with Crippen LogP contribution in [0.15, 0.2) is 23.2 Å². The molecule has 0 saturated heterocycles. The van der Waals surface area contributed by atoms with E-state index >= 15 is 0 Å². The van der Waals surface area contributed by atoms with Gasteiger partial charge < -0.3 is 20.1 Å². The van der Waals surface area contributed by atoms with E-state index in [0.717, 1.165) is 38.0 Å². The normalized spacial score (nSPS) is 11.7. The van der Waals surface area contributed by atoms with E-state index in [2.05, 4.69) is 20.4 Å². The van der Waals surface area contributed by atoms with Crippen molar-refractivity contribution in [3.8, 4) is 5.75 Å². The van der Waals surface area contributed by atoms with Crippen molar-refractivity contribution in [2.45, 2.75) is 39.3 Å². The maximum Gasteiger partial charge on any atom is 0.387 e. The summed E-state index contributed by atoms with van der Waals surface area (Å²) >= 11 is 0. The molecule has 24 heavy (non-hydrogen) atoms. The maximum absolute atomic E-state index is 12.5. The highest BCUT2D eigenvalue weighted by atomic mass is 19.3. The summed E-state index contributed by atoms with van der Waals surface area (Å²) < 4.78 is 34.5. The fraction of sp³-hybridized carbons (Fsp3) is 0.588. The Balaban J connectivity index is 2.46. The summed E-state index contributed by atoms with van der Waals surface area (Å²) in [4.78, 5) is 4.13. The number of nitrogens with one attached hydrogen (secondary N) is 2. The molecule has 2 N–H and O–H groups in total. The molecule has 1 rings (SSSR count). The lowest BCUT2D eigenvalue weighted by Gasteiger charge is -2.15. The minimum absolute atomic E-state index is 0.179. The number of nitrogens with zero attached hydrogens (tertiary/aromatic N) is 1. The average molecular weight is 343 g/mol. The molecule has 0 amide bonds. The molecule has 0 spiro atoms. The fourth-order valence-electron chi connectivity index (χ4n) is 2.21. The lowest BCUT2D eigenvalue weighted by molar-refractivity contribution is -0.0504. The van der Waals surface area contributed by atoms with Gasteiger partial charge in [0.05, 0.1) is 0 Å². The highest BCUT2D eigenvalue weighted by Crippen LogP contribution is 2.21. The van der Waals surface area contributed by atoms with Gasteiger partial charge in [0, 0.05) is 39.4 Å². The Bertz CT molecular complexity index is 511. The minimum Gasteiger partial charge on any atom is -0.434 e. The number of alkyl halides is 2. The Morgan fingerprint density at radius 1 is 1.21 bits per heavy atom. The molecular weight excluding hydrogens is 316 g/mol. The smallest absolute Gasteiger partial charge is 0.387 e. The highest BCUT2D eigenvalue weighted by molar-refractivity contribution is 5.79. The van der Waals surface area contributed by atoms with Gasteiger partial charge in [0.1, 0.15) is 5.75 Å². The van der Waals surface area contributed by atoms with E-state index in [9.17, 15) is 8.78 Å². The summed E-state index contributed by atoms with van der Waals surface area (Å²) in [7, 11) is 3.37. The van der Waals surface area contributed by atoms with E-state index in [4.69, 9.17) is 4.74 Å². The van der Waals surface area contributed by atoms with Gasteiger partial charge in [-0.2, -0.15) is 8.78 Å². The molecule has 0 aliphatic rings. The Morgan fingerprint density at radius 3 is 2.67 bits per heavy atom. The molecule has 0 unspecified atom stereocenters. The van der Waals surface area contributed by atoms with Crippen molar-refractivity contribution in [1.82, 2.24) is 10.6 Å². The molecule has 0 atom stereocenters. The van der Waals surface area contributed by atoms with E-state index in [1.807, 2.05) is 13.0 Å². The summed E-state index contributed by atoms with van der Waals surface area (Å²) in [5.74, 6) is 0.810. The highest BCUT2D eigenvalue weighted by Gasteiger charge is 2.10. The second-order valence-corrected chi connectivity index (χ2v) is 5.40. The lowest BCUT2D eigenvalue weighted by Crippen LogP contribution is -2.37. The predicted octanol–water partition coefficient (Wildman–Crippen LogP) is 3.08. The molecule has 0 aliphatic heterocycles. The van der Waals surface area contributed by atoms with Gasteiger partial charge in [0.15, 0.2) is 5.96 Å². The first-order valence-electron chi connectivity index (χ1n) is 8.04. The molecular formula is C17H27F2N3O2. The van der Waals surface area contributed by atoms with E-state index in [-0.39, 0.29) is 5.75 Å². The number of methoxy groups -OCH3 is 1. The molecule has 0 aromatic heterocycles. The molecule has 0 saturated carbocycles. The third-order valence-corrected chi connectivity index (χ3v) is 3.42. The molecule has 1 aromatic carbocycles. The van der Waals surface area contributed by atoms with Gasteiger partial charge in [-0.3, -0.25) is 4.99 Å². The number of hydrogen-bond donors (Lipinski definition) is 2. The molecule has 0 radical (unpaired) electrons. The maximum atomic E-state index is 12.5. The van der Waals surface area contributed by atoms with E-state index in [1.165, 1.54) is 0 Å². The van der Waals surface area contributed by atoms with Crippen molar-refractivity contribution in [3.63, 3.8) is 0 Å². The Hall–Kier alpha value is -1.89. The minimum atomic E-state index is -2.84. The van der Waals surface area contributed by atoms with Gasteiger partial charge >= 0.3 is 6.61 Å². The molecule has 0 fully saturated rings. The third-order valence-electron chi connectivity index (χ3n) is 3.42. The standard InChI is InChI=1S/C17H27F2N3O2/c1-13-7-8-15(24-16(18)19)14(11-13)12-22-17(20-2)21-9-5-4-6-10-23-3/h7-8,11,16H,4-6,9-10,12H2,1-3H3,(H2,20,21,22). The molecule has 5 nitrogen and oxygen atoms in total. The summed E-state index contributed by atoms with van der Waals surface area (Å²) in [6.45, 7) is 0.983. The number of benzene rings is 1. The first-order valence-corrected chi connectivity index (χ1v) is 8.04. The Kier molecular flexibility index (Phi) is 9.76. The van der Waals surface area contributed by atoms with Crippen molar-refractivity contribution >= 4 is 5.96 Å². The van der Waals surface area contributed by atoms with Crippen LogP contribution in [0.2, 0.25) is 0 Å². The van der Waals surface area contributed by atoms with Crippen LogP contribution in [0.5, 0.6) is 5.75 Å². The number of unbranched alkanes of at least 4 members (excludes halogenated alkanes) is 2. The number of hydrogen-bond acceptors (Lipinski definition) is 3. The number of halogens is 2. The number of ether oxygens (including phenoxy) is 2. The summed E-state index contributed by atoms with van der Waals surface area (Å²) in [6, 6.07) is 5.13. The van der Waals surface area contributed by atoms with Gasteiger partial charge in [-0.15, -0.1) is 0 Å². The topological polar surface area (TPSA) is 54.9 Å². The number of aryl methyl sites for hydroxylation is 1. The number of rotatable bonds is 10. The summed E-state index contributed by atoms with van der Waals surface area (Å²) in [5, 5.41) is 6.32. The number of aliphatic imine (C=N–C) groups is 1. The second kappa shape index (κ2) is 11.6. The van der Waals surface area contributed by atoms with E-state index in [1.54, 1.807) is 26.3 Å². The summed E-state index contributed by atoms with van der Waals surface area (Å²) in [5.41, 5.74) is 1.65. The van der Waals surface area contributed by atoms with E-state index < -0.39 is 6.61 Å². The molecule has 0 bridgehead atoms. The van der Waals surface area contributed by atoms with Crippen molar-refractivity contribution in [1.29, 1.82) is 0 Å². The van der Waals surface area contributed by atoms with Crippen LogP contribution in [0.25, 0.3) is 0 Å². The quantitative estimate of drug-likeness (QED) is 0.389. The van der Waals surface area contributed by atoms with Gasteiger partial charge in [0.2, 0.25) is 0 Å². The van der Waals surface area contributed by atoms with Crippen molar-refractivity contribution in [2.75, 3.05) is 27.3 Å². The van der Waals surface area contributed by atoms with Crippen LogP contribution >= 0.6 is 0 Å². The van der Waals surface area contributed by atoms with Gasteiger partial charge in [-0.1, -0.05) is 17.7 Å². The monoisotopic (exact) mass is 343 g/mol. The van der Waals surface area contributed by atoms with E-state index in [0.29, 0.717) is 18.1 Å². The fourth-order valence-corrected chi connectivity index (χ4v) is 2.21. The van der Waals surface area contributed by atoms with Crippen LogP contribution < -0.4 is 15.4 Å². The summed E-state index contributed by atoms with van der Waals surface area (Å²) in [6.07, 6.45) is 3.11. The zero-order valence-corrected chi connectivity index (χ0v) is 14.6. The zero-order chi connectivity index (χ0) is 17.8. The molecule has 7 heteroatoms. The van der Waals surface area contributed by atoms with Crippen LogP contribution in [-0.4, -0.2) is 39.9 Å². The van der Waals surface area contributed by atoms with Crippen LogP contribution in [0.3, 0.4) is 0 Å². The molecule has 1 aromatic rings. The van der Waals surface area contributed by atoms with Crippen LogP contribution in [0, 0.1) is 6.92 Å². The van der Waals surface area contributed by atoms with Crippen LogP contribution in [0.1, 0.15) is 30.4 Å². The van der Waals surface area contributed by atoms with Gasteiger partial charge in [-0.25, -0.2) is 0 Å². The molecule has 0 aliphatic carbocycles. The first kappa shape index (κ1) is 20.2. The molecule has 0 heterocycles. The Morgan fingerprint density at radius 2 is 2.00 bits per heavy atom.